The van der Waals surface area contributed by atoms with Crippen LogP contribution in [0.3, 0.4) is 0 Å². The number of nitro groups is 1. The van der Waals surface area contributed by atoms with Crippen LogP contribution in [0.5, 0.6) is 0 Å². The van der Waals surface area contributed by atoms with Crippen molar-refractivity contribution in [1.29, 1.82) is 0 Å². The standard InChI is InChI=1S/C42H71N7O8/c1-5-6-7-8-9-10-11-12-13-14-15-16-17-18-22-30-37(50)46-36(39(52)56-33-34-26-20-19-21-27-34)28-23-24-31-44-38(51)35(47-41(53)57-42(2,3)4)29-25-32-45-40(43)48-49(54)55/h12-13,19-21,26-27,35-36H,5-11,14-18,22-25,28-33H2,1-4H3,(H,44,51)(H,46,50)(H,47,53)(H3,43,45,48)/b13-12-/t35-,36-/m0/s1. The molecule has 0 fully saturated rings. The van der Waals surface area contributed by atoms with E-state index in [2.05, 4.69) is 40.0 Å². The third-order valence-electron chi connectivity index (χ3n) is 8.87. The van der Waals surface area contributed by atoms with Gasteiger partial charge in [-0.1, -0.05) is 106 Å². The Bertz CT molecular complexity index is 1350. The van der Waals surface area contributed by atoms with E-state index in [-0.39, 0.29) is 44.4 Å². The fourth-order valence-corrected chi connectivity index (χ4v) is 5.85. The normalized spacial score (nSPS) is 12.7. The quantitative estimate of drug-likeness (QED) is 0.00960. The number of ether oxygens (including phenoxy) is 2. The second kappa shape index (κ2) is 31.4. The second-order valence-electron chi connectivity index (χ2n) is 15.3. The molecule has 0 saturated heterocycles. The summed E-state index contributed by atoms with van der Waals surface area (Å²) in [5.74, 6) is -1.53. The lowest BCUT2D eigenvalue weighted by Crippen LogP contribution is -2.48. The van der Waals surface area contributed by atoms with E-state index < -0.39 is 40.7 Å². The highest BCUT2D eigenvalue weighted by molar-refractivity contribution is 5.86. The maximum absolute atomic E-state index is 13.1. The third-order valence-corrected chi connectivity index (χ3v) is 8.87. The Hall–Kier alpha value is -4.69. The molecule has 1 aromatic carbocycles. The number of hydrazine groups is 1. The van der Waals surface area contributed by atoms with E-state index in [1.165, 1.54) is 44.9 Å². The Morgan fingerprint density at radius 2 is 1.44 bits per heavy atom. The van der Waals surface area contributed by atoms with Crippen LogP contribution >= 0.6 is 0 Å². The molecule has 0 radical (unpaired) electrons. The van der Waals surface area contributed by atoms with Crippen LogP contribution < -0.4 is 27.1 Å². The van der Waals surface area contributed by atoms with Crippen LogP contribution in [0.25, 0.3) is 0 Å². The number of nitrogens with zero attached hydrogens (tertiary/aromatic N) is 2. The Kier molecular flexibility index (Phi) is 27.7. The average molecular weight is 802 g/mol. The highest BCUT2D eigenvalue weighted by Crippen LogP contribution is 2.12. The number of amides is 3. The second-order valence-corrected chi connectivity index (χ2v) is 15.3. The van der Waals surface area contributed by atoms with Crippen LogP contribution in [0.4, 0.5) is 4.79 Å². The summed E-state index contributed by atoms with van der Waals surface area (Å²) in [6.07, 6.45) is 21.1. The van der Waals surface area contributed by atoms with Crippen molar-refractivity contribution in [3.05, 3.63) is 58.2 Å². The van der Waals surface area contributed by atoms with Crippen molar-refractivity contribution in [3.63, 3.8) is 0 Å². The molecule has 0 aliphatic carbocycles. The van der Waals surface area contributed by atoms with Crippen molar-refractivity contribution in [2.45, 2.75) is 174 Å². The molecule has 0 saturated carbocycles. The molecule has 1 aromatic rings. The summed E-state index contributed by atoms with van der Waals surface area (Å²) in [7, 11) is 0. The molecule has 15 heteroatoms. The van der Waals surface area contributed by atoms with Gasteiger partial charge >= 0.3 is 12.1 Å². The Balaban J connectivity index is 2.57. The van der Waals surface area contributed by atoms with E-state index in [0.29, 0.717) is 25.7 Å². The molecule has 1 rings (SSSR count). The van der Waals surface area contributed by atoms with E-state index in [4.69, 9.17) is 15.2 Å². The van der Waals surface area contributed by atoms with Gasteiger partial charge in [-0.05, 0) is 90.5 Å². The number of unbranched alkanes of at least 4 members (excludes halogenated alkanes) is 12. The SMILES string of the molecule is CCCCCCCC/C=C\CCCCCCCC(=O)N[C@@H](CCCCNC(=O)[C@H](CCCN=C(N)N[N+](=O)[O-])NC(=O)OC(C)(C)C)C(=O)OCc1ccccc1. The maximum atomic E-state index is 13.1. The summed E-state index contributed by atoms with van der Waals surface area (Å²) < 4.78 is 10.9. The number of hydrogen-bond acceptors (Lipinski definition) is 9. The fraction of sp³-hybridized carbons (Fsp3) is 0.690. The topological polar surface area (TPSA) is 216 Å². The van der Waals surface area contributed by atoms with E-state index in [1.54, 1.807) is 26.2 Å². The number of aliphatic imine (C=N–C) groups is 1. The van der Waals surface area contributed by atoms with Crippen molar-refractivity contribution in [2.75, 3.05) is 13.1 Å². The number of benzene rings is 1. The molecular formula is C42H71N7O8. The van der Waals surface area contributed by atoms with Crippen molar-refractivity contribution < 1.29 is 33.7 Å². The number of rotatable bonds is 31. The smallest absolute Gasteiger partial charge is 0.408 e. The molecule has 57 heavy (non-hydrogen) atoms. The molecule has 0 aliphatic heterocycles. The summed E-state index contributed by atoms with van der Waals surface area (Å²) in [6, 6.07) is 7.52. The van der Waals surface area contributed by atoms with Crippen molar-refractivity contribution in [3.8, 4) is 0 Å². The largest absolute Gasteiger partial charge is 0.459 e. The summed E-state index contributed by atoms with van der Waals surface area (Å²) in [6.45, 7) is 7.77. The van der Waals surface area contributed by atoms with Crippen LogP contribution in [0.1, 0.15) is 155 Å². The highest BCUT2D eigenvalue weighted by atomic mass is 16.7. The number of nitrogens with one attached hydrogen (secondary N) is 4. The summed E-state index contributed by atoms with van der Waals surface area (Å²) in [4.78, 5) is 66.0. The molecule has 0 bridgehead atoms. The lowest BCUT2D eigenvalue weighted by atomic mass is 10.1. The molecule has 6 N–H and O–H groups in total. The molecular weight excluding hydrogens is 731 g/mol. The first-order chi connectivity index (χ1) is 27.3. The molecule has 0 spiro atoms. The zero-order chi connectivity index (χ0) is 42.2. The van der Waals surface area contributed by atoms with Crippen LogP contribution in [0, 0.1) is 10.1 Å². The van der Waals surface area contributed by atoms with E-state index in [1.807, 2.05) is 30.3 Å². The predicted octanol–water partition coefficient (Wildman–Crippen LogP) is 7.31. The van der Waals surface area contributed by atoms with Gasteiger partial charge in [-0.2, -0.15) is 0 Å². The molecule has 2 atom stereocenters. The molecule has 3 amide bonds. The van der Waals surface area contributed by atoms with Gasteiger partial charge in [0.05, 0.1) is 0 Å². The Labute approximate surface area is 340 Å². The first-order valence-corrected chi connectivity index (χ1v) is 20.9. The van der Waals surface area contributed by atoms with Crippen LogP contribution in [-0.2, 0) is 30.5 Å². The number of esters is 1. The monoisotopic (exact) mass is 802 g/mol. The maximum Gasteiger partial charge on any atom is 0.408 e. The van der Waals surface area contributed by atoms with Crippen LogP contribution in [0.2, 0.25) is 0 Å². The number of allylic oxidation sites excluding steroid dienone is 2. The predicted molar refractivity (Wildman–Crippen MR) is 223 cm³/mol. The summed E-state index contributed by atoms with van der Waals surface area (Å²) in [5.41, 5.74) is 7.25. The number of alkyl carbamates (subject to hydrolysis) is 1. The molecule has 0 aliphatic rings. The van der Waals surface area contributed by atoms with Crippen LogP contribution in [0.15, 0.2) is 47.5 Å². The number of guanidine groups is 1. The van der Waals surface area contributed by atoms with Crippen LogP contribution in [-0.4, -0.2) is 65.6 Å². The van der Waals surface area contributed by atoms with Gasteiger partial charge < -0.3 is 31.2 Å². The van der Waals surface area contributed by atoms with Gasteiger partial charge in [0.25, 0.3) is 5.96 Å². The Morgan fingerprint density at radius 3 is 2.07 bits per heavy atom. The van der Waals surface area contributed by atoms with Crippen molar-refractivity contribution in [2.24, 2.45) is 10.7 Å². The number of carbonyl (C=O) groups excluding carboxylic acids is 4. The minimum Gasteiger partial charge on any atom is -0.459 e. The van der Waals surface area contributed by atoms with E-state index in [9.17, 15) is 29.3 Å². The van der Waals surface area contributed by atoms with Gasteiger partial charge in [0, 0.05) is 19.5 Å². The summed E-state index contributed by atoms with van der Waals surface area (Å²) in [5, 5.41) is 18.0. The van der Waals surface area contributed by atoms with Gasteiger partial charge in [0.2, 0.25) is 11.8 Å². The molecule has 0 aromatic heterocycles. The lowest BCUT2D eigenvalue weighted by molar-refractivity contribution is -0.525. The zero-order valence-electron chi connectivity index (χ0n) is 35.0. The number of carbonyl (C=O) groups is 4. The first kappa shape index (κ1) is 50.3. The van der Waals surface area contributed by atoms with Gasteiger partial charge in [-0.15, -0.1) is 0 Å². The first-order valence-electron chi connectivity index (χ1n) is 20.9. The molecule has 0 unspecified atom stereocenters. The van der Waals surface area contributed by atoms with Gasteiger partial charge in [-0.25, -0.2) is 24.7 Å². The fourth-order valence-electron chi connectivity index (χ4n) is 5.85. The van der Waals surface area contributed by atoms with E-state index >= 15 is 0 Å². The zero-order valence-corrected chi connectivity index (χ0v) is 35.0. The minimum absolute atomic E-state index is 0.0805. The van der Waals surface area contributed by atoms with Gasteiger partial charge in [0.1, 0.15) is 24.3 Å². The van der Waals surface area contributed by atoms with Crippen molar-refractivity contribution in [1.82, 2.24) is 21.4 Å². The minimum atomic E-state index is -0.962. The third kappa shape index (κ3) is 29.2. The molecule has 15 nitrogen and oxygen atoms in total. The van der Waals surface area contributed by atoms with Gasteiger partial charge in [0.15, 0.2) is 5.03 Å². The highest BCUT2D eigenvalue weighted by Gasteiger charge is 2.25. The van der Waals surface area contributed by atoms with Crippen molar-refractivity contribution >= 4 is 29.8 Å². The molecule has 322 valence electrons. The summed E-state index contributed by atoms with van der Waals surface area (Å²) >= 11 is 0. The Morgan fingerprint density at radius 1 is 0.825 bits per heavy atom. The average Bonchev–Trinajstić information content (AvgIpc) is 3.15. The van der Waals surface area contributed by atoms with Gasteiger partial charge in [-0.3, -0.25) is 9.59 Å². The van der Waals surface area contributed by atoms with E-state index in [0.717, 1.165) is 44.1 Å². The lowest BCUT2D eigenvalue weighted by Gasteiger charge is -2.23. The number of hydrogen-bond donors (Lipinski definition) is 5. The number of nitrogens with two attached hydrogens (primary N) is 1. The molecule has 0 heterocycles.